The van der Waals surface area contributed by atoms with Crippen molar-refractivity contribution < 1.29 is 4.79 Å². The first-order valence-electron chi connectivity index (χ1n) is 6.84. The first-order chi connectivity index (χ1) is 9.04. The van der Waals surface area contributed by atoms with E-state index in [-0.39, 0.29) is 5.91 Å². The highest BCUT2D eigenvalue weighted by Crippen LogP contribution is 2.30. The van der Waals surface area contributed by atoms with Crippen molar-refractivity contribution >= 4 is 11.6 Å². The van der Waals surface area contributed by atoms with Crippen LogP contribution in [0.3, 0.4) is 0 Å². The van der Waals surface area contributed by atoms with E-state index in [2.05, 4.69) is 6.07 Å². The number of anilines is 1. The predicted octanol–water partition coefficient (Wildman–Crippen LogP) is 3.68. The maximum atomic E-state index is 12.7. The molecule has 0 bridgehead atoms. The molecule has 0 spiro atoms. The molecule has 1 rings (SSSR count). The number of nitriles is 1. The molecule has 0 unspecified atom stereocenters. The Morgan fingerprint density at radius 3 is 2.11 bits per heavy atom. The van der Waals surface area contributed by atoms with E-state index < -0.39 is 5.41 Å². The van der Waals surface area contributed by atoms with Crippen molar-refractivity contribution in [2.75, 3.05) is 11.4 Å². The molecule has 0 saturated carbocycles. The fourth-order valence-electron chi connectivity index (χ4n) is 2.18. The van der Waals surface area contributed by atoms with Crippen molar-refractivity contribution in [3.05, 3.63) is 29.8 Å². The minimum absolute atomic E-state index is 0.0913. The molecule has 0 fully saturated rings. The fourth-order valence-corrected chi connectivity index (χ4v) is 2.18. The van der Waals surface area contributed by atoms with E-state index >= 15 is 0 Å². The molecule has 0 aliphatic heterocycles. The lowest BCUT2D eigenvalue weighted by atomic mass is 9.82. The van der Waals surface area contributed by atoms with E-state index in [0.717, 1.165) is 11.3 Å². The summed E-state index contributed by atoms with van der Waals surface area (Å²) in [6.45, 7) is 8.32. The summed E-state index contributed by atoms with van der Waals surface area (Å²) < 4.78 is 0. The monoisotopic (exact) mass is 258 g/mol. The number of aryl methyl sites for hydroxylation is 1. The maximum absolute atomic E-state index is 12.7. The third-order valence-electron chi connectivity index (χ3n) is 3.74. The quantitative estimate of drug-likeness (QED) is 0.808. The Kier molecular flexibility index (Phi) is 5.11. The predicted molar refractivity (Wildman–Crippen MR) is 77.8 cm³/mol. The molecular weight excluding hydrogens is 236 g/mol. The molecule has 3 nitrogen and oxygen atoms in total. The number of rotatable bonds is 5. The van der Waals surface area contributed by atoms with Crippen LogP contribution in [-0.4, -0.2) is 12.5 Å². The lowest BCUT2D eigenvalue weighted by molar-refractivity contribution is -0.125. The zero-order valence-electron chi connectivity index (χ0n) is 12.2. The molecule has 19 heavy (non-hydrogen) atoms. The van der Waals surface area contributed by atoms with E-state index in [4.69, 9.17) is 0 Å². The highest BCUT2D eigenvalue weighted by Gasteiger charge is 2.38. The van der Waals surface area contributed by atoms with Crippen LogP contribution in [0, 0.1) is 23.7 Å². The molecule has 1 aromatic rings. The van der Waals surface area contributed by atoms with Gasteiger partial charge in [-0.05, 0) is 38.8 Å². The SMILES string of the molecule is CCN(C(=O)C(C#N)(CC)CC)c1ccc(C)cc1. The molecule has 1 aromatic carbocycles. The third-order valence-corrected chi connectivity index (χ3v) is 3.74. The van der Waals surface area contributed by atoms with Gasteiger partial charge in [-0.25, -0.2) is 0 Å². The first-order valence-corrected chi connectivity index (χ1v) is 6.84. The second-order valence-electron chi connectivity index (χ2n) is 4.79. The van der Waals surface area contributed by atoms with Gasteiger partial charge in [0.05, 0.1) is 6.07 Å². The zero-order chi connectivity index (χ0) is 14.5. The highest BCUT2D eigenvalue weighted by molar-refractivity contribution is 5.99. The summed E-state index contributed by atoms with van der Waals surface area (Å²) in [7, 11) is 0. The molecule has 0 aromatic heterocycles. The van der Waals surface area contributed by atoms with Crippen LogP contribution in [0.1, 0.15) is 39.2 Å². The summed E-state index contributed by atoms with van der Waals surface area (Å²) in [5.74, 6) is -0.0913. The average Bonchev–Trinajstić information content (AvgIpc) is 2.44. The maximum Gasteiger partial charge on any atom is 0.247 e. The van der Waals surface area contributed by atoms with Gasteiger partial charge < -0.3 is 4.90 Å². The zero-order valence-corrected chi connectivity index (χ0v) is 12.2. The van der Waals surface area contributed by atoms with Crippen LogP contribution in [0.25, 0.3) is 0 Å². The molecular formula is C16H22N2O. The number of benzene rings is 1. The van der Waals surface area contributed by atoms with Crippen molar-refractivity contribution in [1.82, 2.24) is 0 Å². The van der Waals surface area contributed by atoms with Crippen LogP contribution in [0.5, 0.6) is 0 Å². The summed E-state index contributed by atoms with van der Waals surface area (Å²) in [6, 6.07) is 10.1. The highest BCUT2D eigenvalue weighted by atomic mass is 16.2. The van der Waals surface area contributed by atoms with Gasteiger partial charge in [0, 0.05) is 12.2 Å². The van der Waals surface area contributed by atoms with Crippen molar-refractivity contribution in [2.24, 2.45) is 5.41 Å². The lowest BCUT2D eigenvalue weighted by Gasteiger charge is -2.30. The third kappa shape index (κ3) is 2.96. The summed E-state index contributed by atoms with van der Waals surface area (Å²) >= 11 is 0. The molecule has 0 heterocycles. The van der Waals surface area contributed by atoms with Gasteiger partial charge in [0.25, 0.3) is 0 Å². The Labute approximate surface area is 115 Å². The Bertz CT molecular complexity index is 467. The molecule has 0 radical (unpaired) electrons. The van der Waals surface area contributed by atoms with Gasteiger partial charge in [-0.3, -0.25) is 4.79 Å². The smallest absolute Gasteiger partial charge is 0.247 e. The van der Waals surface area contributed by atoms with Gasteiger partial charge >= 0.3 is 0 Å². The van der Waals surface area contributed by atoms with Crippen LogP contribution in [0.15, 0.2) is 24.3 Å². The Hall–Kier alpha value is -1.82. The largest absolute Gasteiger partial charge is 0.311 e. The van der Waals surface area contributed by atoms with E-state index in [9.17, 15) is 10.1 Å². The first kappa shape index (κ1) is 15.2. The molecule has 102 valence electrons. The fraction of sp³-hybridized carbons (Fsp3) is 0.500. The minimum Gasteiger partial charge on any atom is -0.311 e. The molecule has 1 amide bonds. The average molecular weight is 258 g/mol. The van der Waals surface area contributed by atoms with E-state index in [1.807, 2.05) is 52.0 Å². The normalized spacial score (nSPS) is 10.9. The molecule has 0 aliphatic rings. The summed E-state index contributed by atoms with van der Waals surface area (Å²) in [5.41, 5.74) is 1.12. The van der Waals surface area contributed by atoms with Crippen LogP contribution in [-0.2, 0) is 4.79 Å². The van der Waals surface area contributed by atoms with Gasteiger partial charge in [-0.2, -0.15) is 5.26 Å². The van der Waals surface area contributed by atoms with Gasteiger partial charge in [-0.1, -0.05) is 31.5 Å². The van der Waals surface area contributed by atoms with E-state index in [0.29, 0.717) is 19.4 Å². The molecule has 0 saturated heterocycles. The van der Waals surface area contributed by atoms with Crippen molar-refractivity contribution in [3.63, 3.8) is 0 Å². The summed E-state index contributed by atoms with van der Waals surface area (Å²) in [6.07, 6.45) is 1.09. The van der Waals surface area contributed by atoms with Crippen molar-refractivity contribution in [3.8, 4) is 6.07 Å². The minimum atomic E-state index is -0.902. The second-order valence-corrected chi connectivity index (χ2v) is 4.79. The lowest BCUT2D eigenvalue weighted by Crippen LogP contribution is -2.43. The van der Waals surface area contributed by atoms with Gasteiger partial charge in [0.15, 0.2) is 0 Å². The van der Waals surface area contributed by atoms with Crippen molar-refractivity contribution in [1.29, 1.82) is 5.26 Å². The molecule has 0 N–H and O–H groups in total. The van der Waals surface area contributed by atoms with Gasteiger partial charge in [0.2, 0.25) is 5.91 Å². The number of hydrogen-bond acceptors (Lipinski definition) is 2. The number of nitrogens with zero attached hydrogens (tertiary/aromatic N) is 2. The van der Waals surface area contributed by atoms with Gasteiger partial charge in [-0.15, -0.1) is 0 Å². The van der Waals surface area contributed by atoms with Crippen molar-refractivity contribution in [2.45, 2.75) is 40.5 Å². The summed E-state index contributed by atoms with van der Waals surface area (Å²) in [5, 5.41) is 9.38. The molecule has 0 aliphatic carbocycles. The van der Waals surface area contributed by atoms with Crippen LogP contribution in [0.2, 0.25) is 0 Å². The Balaban J connectivity index is 3.13. The summed E-state index contributed by atoms with van der Waals surface area (Å²) in [4.78, 5) is 14.4. The molecule has 0 atom stereocenters. The van der Waals surface area contributed by atoms with E-state index in [1.54, 1.807) is 4.90 Å². The topological polar surface area (TPSA) is 44.1 Å². The number of carbonyl (C=O) groups excluding carboxylic acids is 1. The molecule has 3 heteroatoms. The van der Waals surface area contributed by atoms with E-state index in [1.165, 1.54) is 0 Å². The number of hydrogen-bond donors (Lipinski definition) is 0. The standard InChI is InChI=1S/C16H22N2O/c1-5-16(6-2,12-17)15(19)18(7-3)14-10-8-13(4)9-11-14/h8-11H,5-7H2,1-4H3. The Morgan fingerprint density at radius 1 is 1.21 bits per heavy atom. The van der Waals surface area contributed by atoms with Gasteiger partial charge in [0.1, 0.15) is 5.41 Å². The number of amides is 1. The van der Waals surface area contributed by atoms with Crippen LogP contribution in [0.4, 0.5) is 5.69 Å². The van der Waals surface area contributed by atoms with Crippen LogP contribution >= 0.6 is 0 Å². The second kappa shape index (κ2) is 6.38. The number of carbonyl (C=O) groups is 1. The Morgan fingerprint density at radius 2 is 1.74 bits per heavy atom. The van der Waals surface area contributed by atoms with Crippen LogP contribution < -0.4 is 4.90 Å².